The summed E-state index contributed by atoms with van der Waals surface area (Å²) in [4.78, 5) is 28.6. The molecule has 8 heteroatoms. The van der Waals surface area contributed by atoms with Crippen molar-refractivity contribution < 1.29 is 14.3 Å². The summed E-state index contributed by atoms with van der Waals surface area (Å²) in [5.74, 6) is 3.34. The molecule has 176 valence electrons. The summed E-state index contributed by atoms with van der Waals surface area (Å²) in [6, 6.07) is 17.8. The van der Waals surface area contributed by atoms with Crippen molar-refractivity contribution in [2.75, 3.05) is 10.6 Å². The number of nitrogens with one attached hydrogen (secondary N) is 2. The van der Waals surface area contributed by atoms with Crippen LogP contribution in [-0.2, 0) is 10.2 Å². The van der Waals surface area contributed by atoms with Gasteiger partial charge in [0, 0.05) is 24.7 Å². The van der Waals surface area contributed by atoms with Crippen LogP contribution in [0.4, 0.5) is 10.8 Å². The van der Waals surface area contributed by atoms with Gasteiger partial charge in [-0.3, -0.25) is 9.59 Å². The Kier molecular flexibility index (Phi) is 6.79. The Hall–Kier alpha value is -3.86. The maximum atomic E-state index is 13.0. The fourth-order valence-corrected chi connectivity index (χ4v) is 4.80. The lowest BCUT2D eigenvalue weighted by molar-refractivity contribution is -0.114. The quantitative estimate of drug-likeness (QED) is 0.281. The van der Waals surface area contributed by atoms with Gasteiger partial charge < -0.3 is 15.4 Å². The summed E-state index contributed by atoms with van der Waals surface area (Å²) in [6.07, 6.45) is 5.65. The minimum Gasteiger partial charge on any atom is -0.457 e. The second kappa shape index (κ2) is 9.79. The first-order chi connectivity index (χ1) is 16.7. The maximum Gasteiger partial charge on any atom is 0.257 e. The van der Waals surface area contributed by atoms with Gasteiger partial charge >= 0.3 is 0 Å². The van der Waals surface area contributed by atoms with E-state index in [-0.39, 0.29) is 11.8 Å². The zero-order chi connectivity index (χ0) is 25.2. The van der Waals surface area contributed by atoms with Crippen molar-refractivity contribution in [3.63, 3.8) is 0 Å². The van der Waals surface area contributed by atoms with Gasteiger partial charge in [-0.05, 0) is 49.7 Å². The van der Waals surface area contributed by atoms with Crippen molar-refractivity contribution in [1.82, 2.24) is 4.98 Å². The molecule has 4 rings (SSSR count). The molecule has 2 amide bonds. The first kappa shape index (κ1) is 24.3. The minimum absolute atomic E-state index is 0.174. The lowest BCUT2D eigenvalue weighted by Crippen LogP contribution is -2.18. The molecule has 6 nitrogen and oxygen atoms in total. The number of amides is 2. The molecule has 2 N–H and O–H groups in total. The van der Waals surface area contributed by atoms with Crippen molar-refractivity contribution in [2.45, 2.75) is 26.2 Å². The topological polar surface area (TPSA) is 80.3 Å². The summed E-state index contributed by atoms with van der Waals surface area (Å²) in [5.41, 5.74) is 1.76. The Bertz CT molecular complexity index is 1490. The lowest BCUT2D eigenvalue weighted by atomic mass is 9.84. The SMILES string of the molecule is C#CC(C)(C)c1cccc(C(=O)Nc2cccc(Oc3ccc4nc(NC(C)=O)sc4c3)c2)c1Cl. The Morgan fingerprint density at radius 3 is 2.54 bits per heavy atom. The third kappa shape index (κ3) is 5.46. The van der Waals surface area contributed by atoms with Crippen LogP contribution in [0.2, 0.25) is 5.02 Å². The molecule has 0 radical (unpaired) electrons. The third-order valence-corrected chi connectivity index (χ3v) is 6.59. The third-order valence-electron chi connectivity index (χ3n) is 5.25. The lowest BCUT2D eigenvalue weighted by Gasteiger charge is -2.21. The molecule has 1 heterocycles. The highest BCUT2D eigenvalue weighted by atomic mass is 35.5. The Balaban J connectivity index is 1.52. The number of terminal acetylenes is 1. The molecule has 0 aliphatic carbocycles. The largest absolute Gasteiger partial charge is 0.457 e. The van der Waals surface area contributed by atoms with Gasteiger partial charge in [0.2, 0.25) is 5.91 Å². The molecule has 1 aromatic heterocycles. The predicted octanol–water partition coefficient (Wildman–Crippen LogP) is 6.86. The number of carbonyl (C=O) groups excluding carboxylic acids is 2. The van der Waals surface area contributed by atoms with E-state index in [0.717, 1.165) is 10.2 Å². The van der Waals surface area contributed by atoms with Crippen LogP contribution in [0.3, 0.4) is 0 Å². The maximum absolute atomic E-state index is 13.0. The summed E-state index contributed by atoms with van der Waals surface area (Å²) in [6.45, 7) is 5.19. The van der Waals surface area contributed by atoms with Gasteiger partial charge in [-0.1, -0.05) is 47.1 Å². The second-order valence-corrected chi connectivity index (χ2v) is 9.76. The van der Waals surface area contributed by atoms with Crippen LogP contribution >= 0.6 is 22.9 Å². The number of anilines is 2. The molecule has 0 saturated carbocycles. The van der Waals surface area contributed by atoms with Crippen LogP contribution in [0.5, 0.6) is 11.5 Å². The molecule has 0 aliphatic heterocycles. The standard InChI is InChI=1S/C27H22ClN3O3S/c1-5-27(3,4)21-11-7-10-20(24(21)28)25(33)30-17-8-6-9-18(14-17)34-19-12-13-22-23(15-19)35-26(31-22)29-16(2)32/h1,6-15H,2-4H3,(H,30,33)(H,29,31,32). The molecule has 0 atom stereocenters. The van der Waals surface area contributed by atoms with E-state index in [0.29, 0.717) is 38.5 Å². The van der Waals surface area contributed by atoms with Crippen molar-refractivity contribution in [2.24, 2.45) is 0 Å². The number of fused-ring (bicyclic) bond motifs is 1. The molecule has 0 unspecified atom stereocenters. The van der Waals surface area contributed by atoms with E-state index < -0.39 is 5.41 Å². The van der Waals surface area contributed by atoms with Gasteiger partial charge in [-0.2, -0.15) is 0 Å². The summed E-state index contributed by atoms with van der Waals surface area (Å²) < 4.78 is 6.87. The number of ether oxygens (including phenoxy) is 1. The number of hydrogen-bond acceptors (Lipinski definition) is 5. The molecule has 0 saturated heterocycles. The summed E-state index contributed by atoms with van der Waals surface area (Å²) >= 11 is 7.90. The molecular weight excluding hydrogens is 482 g/mol. The van der Waals surface area contributed by atoms with Gasteiger partial charge in [0.25, 0.3) is 5.91 Å². The summed E-state index contributed by atoms with van der Waals surface area (Å²) in [7, 11) is 0. The van der Waals surface area contributed by atoms with Gasteiger partial charge in [0.15, 0.2) is 5.13 Å². The van der Waals surface area contributed by atoms with E-state index in [9.17, 15) is 9.59 Å². The molecule has 0 bridgehead atoms. The average molecular weight is 504 g/mol. The number of rotatable bonds is 6. The zero-order valence-electron chi connectivity index (χ0n) is 19.3. The van der Waals surface area contributed by atoms with Crippen LogP contribution in [0.15, 0.2) is 60.7 Å². The van der Waals surface area contributed by atoms with E-state index >= 15 is 0 Å². The van der Waals surface area contributed by atoms with Gasteiger partial charge in [-0.15, -0.1) is 6.42 Å². The van der Waals surface area contributed by atoms with E-state index in [2.05, 4.69) is 21.5 Å². The Labute approximate surface area is 212 Å². The molecule has 3 aromatic carbocycles. The van der Waals surface area contributed by atoms with Gasteiger partial charge in [-0.25, -0.2) is 4.98 Å². The fraction of sp³-hybridized carbons (Fsp3) is 0.148. The van der Waals surface area contributed by atoms with E-state index in [1.54, 1.807) is 42.5 Å². The van der Waals surface area contributed by atoms with Crippen LogP contribution in [-0.4, -0.2) is 16.8 Å². The van der Waals surface area contributed by atoms with Crippen LogP contribution in [0.25, 0.3) is 10.2 Å². The number of benzene rings is 3. The van der Waals surface area contributed by atoms with Crippen molar-refractivity contribution in [3.05, 3.63) is 76.8 Å². The second-order valence-electron chi connectivity index (χ2n) is 8.35. The summed E-state index contributed by atoms with van der Waals surface area (Å²) in [5, 5.41) is 6.42. The molecule has 0 aliphatic rings. The van der Waals surface area contributed by atoms with E-state index in [4.69, 9.17) is 22.8 Å². The number of nitrogens with zero attached hydrogens (tertiary/aromatic N) is 1. The van der Waals surface area contributed by atoms with Crippen molar-refractivity contribution in [1.29, 1.82) is 0 Å². The van der Waals surface area contributed by atoms with E-state index in [1.165, 1.54) is 18.3 Å². The van der Waals surface area contributed by atoms with Crippen LogP contribution in [0, 0.1) is 12.3 Å². The normalized spacial score (nSPS) is 11.1. The first-order valence-electron chi connectivity index (χ1n) is 10.7. The van der Waals surface area contributed by atoms with Gasteiger partial charge in [0.05, 0.1) is 26.2 Å². The molecular formula is C27H22ClN3O3S. The number of hydrogen-bond donors (Lipinski definition) is 2. The van der Waals surface area contributed by atoms with Crippen LogP contribution < -0.4 is 15.4 Å². The number of aromatic nitrogens is 1. The highest BCUT2D eigenvalue weighted by molar-refractivity contribution is 7.22. The zero-order valence-corrected chi connectivity index (χ0v) is 20.9. The average Bonchev–Trinajstić information content (AvgIpc) is 3.20. The molecule has 4 aromatic rings. The fourth-order valence-electron chi connectivity index (χ4n) is 3.41. The number of thiazole rings is 1. The minimum atomic E-state index is -0.608. The predicted molar refractivity (Wildman–Crippen MR) is 142 cm³/mol. The van der Waals surface area contributed by atoms with Gasteiger partial charge in [0.1, 0.15) is 11.5 Å². The molecule has 35 heavy (non-hydrogen) atoms. The Morgan fingerprint density at radius 2 is 1.80 bits per heavy atom. The van der Waals surface area contributed by atoms with Crippen molar-refractivity contribution >= 4 is 55.8 Å². The highest BCUT2D eigenvalue weighted by Gasteiger charge is 2.24. The monoisotopic (exact) mass is 503 g/mol. The first-order valence-corrected chi connectivity index (χ1v) is 11.9. The number of halogens is 1. The van der Waals surface area contributed by atoms with Crippen molar-refractivity contribution in [3.8, 4) is 23.8 Å². The smallest absolute Gasteiger partial charge is 0.257 e. The molecule has 0 spiro atoms. The Morgan fingerprint density at radius 1 is 1.06 bits per heavy atom. The van der Waals surface area contributed by atoms with E-state index in [1.807, 2.05) is 32.0 Å². The van der Waals surface area contributed by atoms with Crippen LogP contribution in [0.1, 0.15) is 36.7 Å². The molecule has 0 fully saturated rings. The number of carbonyl (C=O) groups is 2. The highest BCUT2D eigenvalue weighted by Crippen LogP contribution is 2.34.